The Hall–Kier alpha value is -4.37. The van der Waals surface area contributed by atoms with Crippen LogP contribution in [0.1, 0.15) is 39.0 Å². The number of benzene rings is 2. The van der Waals surface area contributed by atoms with E-state index in [1.54, 1.807) is 0 Å². The summed E-state index contributed by atoms with van der Waals surface area (Å²) < 4.78 is 82.4. The Balaban J connectivity index is 1.76. The number of rotatable bonds is 4. The van der Waals surface area contributed by atoms with Gasteiger partial charge in [-0.15, -0.1) is 0 Å². The van der Waals surface area contributed by atoms with Gasteiger partial charge in [0.15, 0.2) is 11.6 Å². The van der Waals surface area contributed by atoms with Crippen molar-refractivity contribution in [2.45, 2.75) is 37.8 Å². The molecule has 0 spiro atoms. The van der Waals surface area contributed by atoms with Gasteiger partial charge in [-0.3, -0.25) is 19.3 Å². The van der Waals surface area contributed by atoms with Gasteiger partial charge in [0, 0.05) is 17.7 Å². The summed E-state index contributed by atoms with van der Waals surface area (Å²) in [6, 6.07) is 1.07. The molecule has 5 rings (SSSR count). The summed E-state index contributed by atoms with van der Waals surface area (Å²) in [6.07, 6.45) is -10.6. The maximum Gasteiger partial charge on any atom is 0.416 e. The summed E-state index contributed by atoms with van der Waals surface area (Å²) >= 11 is 0. The number of ketones is 2. The van der Waals surface area contributed by atoms with E-state index in [1.807, 2.05) is 0 Å². The molecule has 45 heavy (non-hydrogen) atoms. The first-order chi connectivity index (χ1) is 20.8. The molecular formula is C30H27F6N3O6. The van der Waals surface area contributed by atoms with Crippen LogP contribution in [0.4, 0.5) is 26.3 Å². The van der Waals surface area contributed by atoms with Crippen molar-refractivity contribution in [2.24, 2.45) is 29.2 Å². The van der Waals surface area contributed by atoms with Crippen molar-refractivity contribution in [3.05, 3.63) is 74.7 Å². The molecule has 7 N–H and O–H groups in total. The molecule has 2 aromatic carbocycles. The van der Waals surface area contributed by atoms with Crippen LogP contribution in [0, 0.1) is 17.8 Å². The Kier molecular flexibility index (Phi) is 7.56. The van der Waals surface area contributed by atoms with Gasteiger partial charge in [-0.25, -0.2) is 0 Å². The summed E-state index contributed by atoms with van der Waals surface area (Å²) in [5.74, 6) is -8.66. The van der Waals surface area contributed by atoms with Crippen LogP contribution in [0.25, 0.3) is 11.1 Å². The van der Waals surface area contributed by atoms with E-state index in [9.17, 15) is 56.0 Å². The van der Waals surface area contributed by atoms with E-state index in [4.69, 9.17) is 11.5 Å². The lowest BCUT2D eigenvalue weighted by Gasteiger charge is -2.46. The normalized spacial score (nSPS) is 23.7. The zero-order valence-corrected chi connectivity index (χ0v) is 23.7. The lowest BCUT2D eigenvalue weighted by Crippen LogP contribution is -2.53. The Bertz CT molecular complexity index is 1690. The first kappa shape index (κ1) is 32.0. The number of amides is 1. The quantitative estimate of drug-likeness (QED) is 0.246. The van der Waals surface area contributed by atoms with Gasteiger partial charge in [-0.05, 0) is 79.7 Å². The van der Waals surface area contributed by atoms with Gasteiger partial charge in [0.05, 0.1) is 28.7 Å². The number of aliphatic hydroxyl groups excluding tert-OH is 2. The number of phenolic OH excluding ortho intramolecular Hbond substituents is 1. The predicted octanol–water partition coefficient (Wildman–Crippen LogP) is 4.17. The minimum atomic E-state index is -5.16. The maximum absolute atomic E-state index is 14.0. The van der Waals surface area contributed by atoms with E-state index in [0.29, 0.717) is 12.1 Å². The van der Waals surface area contributed by atoms with Crippen LogP contribution < -0.4 is 11.5 Å². The Labute approximate surface area is 251 Å². The molecule has 2 aromatic rings. The van der Waals surface area contributed by atoms with Gasteiger partial charge in [-0.2, -0.15) is 26.3 Å². The van der Waals surface area contributed by atoms with Crippen LogP contribution >= 0.6 is 0 Å². The molecule has 3 aliphatic rings. The zero-order valence-electron chi connectivity index (χ0n) is 23.7. The standard InChI is InChI=1S/C30H27F6N3O6/c1-39(2)22-17-6-11-5-16-15(10-3-13(29(31,32)33)8-14(4-10)30(34,35)36)7-12(9-37)23(40)19(16)24(41)18(11)25(42)20(17)26(43)21(27(22)44)28(38)45/h3-4,7-8,11,17,20,22,40,42,44H,5-6,9,37H2,1-2H3,(H2,38,45)/t11?,17?,20?,22-/m0/s1. The molecule has 0 aliphatic heterocycles. The molecule has 0 saturated carbocycles. The number of fused-ring (bicyclic) bond motifs is 3. The fourth-order valence-corrected chi connectivity index (χ4v) is 6.92. The van der Waals surface area contributed by atoms with Gasteiger partial charge >= 0.3 is 12.4 Å². The van der Waals surface area contributed by atoms with Crippen LogP contribution in [0.2, 0.25) is 0 Å². The minimum Gasteiger partial charge on any atom is -0.511 e. The highest BCUT2D eigenvalue weighted by atomic mass is 19.4. The molecule has 3 unspecified atom stereocenters. The molecule has 3 aliphatic carbocycles. The molecule has 1 amide bonds. The summed E-state index contributed by atoms with van der Waals surface area (Å²) in [6.45, 7) is -0.460. The number of nitrogens with two attached hydrogens (primary N) is 2. The smallest absolute Gasteiger partial charge is 0.416 e. The summed E-state index contributed by atoms with van der Waals surface area (Å²) in [4.78, 5) is 41.0. The maximum atomic E-state index is 14.0. The van der Waals surface area contributed by atoms with Crippen molar-refractivity contribution >= 4 is 17.5 Å². The molecule has 15 heteroatoms. The molecule has 0 saturated heterocycles. The fourth-order valence-electron chi connectivity index (χ4n) is 6.92. The lowest BCUT2D eigenvalue weighted by molar-refractivity contribution is -0.143. The van der Waals surface area contributed by atoms with E-state index in [2.05, 4.69) is 0 Å². The molecule has 0 heterocycles. The van der Waals surface area contributed by atoms with Crippen molar-refractivity contribution < 1.29 is 56.0 Å². The van der Waals surface area contributed by atoms with E-state index in [1.165, 1.54) is 19.0 Å². The number of carbonyl (C=O) groups is 3. The van der Waals surface area contributed by atoms with Crippen molar-refractivity contribution in [3.8, 4) is 16.9 Å². The minimum absolute atomic E-state index is 0.0344. The first-order valence-corrected chi connectivity index (χ1v) is 13.6. The number of halogens is 6. The van der Waals surface area contributed by atoms with E-state index in [0.717, 1.165) is 6.07 Å². The summed E-state index contributed by atoms with van der Waals surface area (Å²) in [5.41, 5.74) is 5.36. The highest BCUT2D eigenvalue weighted by Gasteiger charge is 2.54. The molecule has 0 radical (unpaired) electrons. The second kappa shape index (κ2) is 10.6. The third-order valence-electron chi connectivity index (χ3n) is 8.76. The van der Waals surface area contributed by atoms with Crippen molar-refractivity contribution in [1.82, 2.24) is 4.90 Å². The molecule has 4 atom stereocenters. The fraction of sp³-hybridized carbons (Fsp3) is 0.367. The second-order valence-electron chi connectivity index (χ2n) is 11.6. The average molecular weight is 640 g/mol. The number of allylic oxidation sites excluding steroid dienone is 2. The van der Waals surface area contributed by atoms with Crippen molar-refractivity contribution in [3.63, 3.8) is 0 Å². The third kappa shape index (κ3) is 5.03. The number of carbonyl (C=O) groups excluding carboxylic acids is 3. The van der Waals surface area contributed by atoms with Gasteiger partial charge < -0.3 is 26.8 Å². The number of hydrogen-bond donors (Lipinski definition) is 5. The lowest BCUT2D eigenvalue weighted by atomic mass is 9.60. The Morgan fingerprint density at radius 3 is 2.02 bits per heavy atom. The topological polar surface area (TPSA) is 167 Å². The van der Waals surface area contributed by atoms with E-state index < -0.39 is 105 Å². The number of nitrogens with zero attached hydrogens (tertiary/aromatic N) is 1. The SMILES string of the molecule is CN(C)[C@@H]1C(O)=C(C(N)=O)C(=O)C2C(O)=C3C(=O)c4c(O)c(CN)cc(-c5cc(C(F)(F)F)cc(C(F)(F)F)c5)c4CC3CC21. The predicted molar refractivity (Wildman–Crippen MR) is 146 cm³/mol. The number of Topliss-reactive ketones (excluding diaryl/α,β-unsaturated/α-hetero) is 2. The molecule has 0 fully saturated rings. The van der Waals surface area contributed by atoms with Crippen LogP contribution in [0.3, 0.4) is 0 Å². The number of alkyl halides is 6. The first-order valence-electron chi connectivity index (χ1n) is 13.6. The molecular weight excluding hydrogens is 612 g/mol. The Morgan fingerprint density at radius 2 is 1.53 bits per heavy atom. The highest BCUT2D eigenvalue weighted by Crippen LogP contribution is 2.52. The van der Waals surface area contributed by atoms with E-state index in [-0.39, 0.29) is 41.2 Å². The van der Waals surface area contributed by atoms with Crippen molar-refractivity contribution in [2.75, 3.05) is 14.1 Å². The van der Waals surface area contributed by atoms with Gasteiger partial charge in [0.2, 0.25) is 0 Å². The van der Waals surface area contributed by atoms with Gasteiger partial charge in [0.25, 0.3) is 5.91 Å². The highest BCUT2D eigenvalue weighted by molar-refractivity contribution is 6.22. The zero-order chi connectivity index (χ0) is 33.5. The van der Waals surface area contributed by atoms with Crippen molar-refractivity contribution in [1.29, 1.82) is 0 Å². The number of phenols is 1. The third-order valence-corrected chi connectivity index (χ3v) is 8.76. The van der Waals surface area contributed by atoms with E-state index >= 15 is 0 Å². The van der Waals surface area contributed by atoms with Gasteiger partial charge in [-0.1, -0.05) is 0 Å². The number of hydrogen-bond acceptors (Lipinski definition) is 8. The largest absolute Gasteiger partial charge is 0.511 e. The number of primary amides is 1. The average Bonchev–Trinajstić information content (AvgIpc) is 2.91. The van der Waals surface area contributed by atoms with Gasteiger partial charge in [0.1, 0.15) is 22.8 Å². The van der Waals surface area contributed by atoms with Crippen LogP contribution in [0.15, 0.2) is 46.9 Å². The summed E-state index contributed by atoms with van der Waals surface area (Å²) in [5, 5.41) is 33.3. The van der Waals surface area contributed by atoms with Crippen LogP contribution in [-0.2, 0) is 34.9 Å². The molecule has 9 nitrogen and oxygen atoms in total. The number of likely N-dealkylation sites (N-methyl/N-ethyl adjacent to an activating group) is 1. The number of aliphatic hydroxyl groups is 2. The molecule has 0 bridgehead atoms. The summed E-state index contributed by atoms with van der Waals surface area (Å²) in [7, 11) is 3.06. The van der Waals surface area contributed by atoms with Crippen LogP contribution in [0.5, 0.6) is 5.75 Å². The molecule has 240 valence electrons. The second-order valence-corrected chi connectivity index (χ2v) is 11.6. The Morgan fingerprint density at radius 1 is 0.956 bits per heavy atom. The number of aromatic hydroxyl groups is 1. The monoisotopic (exact) mass is 639 g/mol. The van der Waals surface area contributed by atoms with Crippen LogP contribution in [-0.4, -0.2) is 57.8 Å². The molecule has 0 aromatic heterocycles.